The zero-order valence-corrected chi connectivity index (χ0v) is 20.3. The molecule has 4 nitrogen and oxygen atoms in total. The van der Waals surface area contributed by atoms with Crippen LogP contribution in [0.1, 0.15) is 16.8 Å². The van der Waals surface area contributed by atoms with Crippen LogP contribution in [0.4, 0.5) is 4.39 Å². The Morgan fingerprint density at radius 2 is 1.76 bits per heavy atom. The maximum absolute atomic E-state index is 13.3. The molecule has 4 aromatic rings. The van der Waals surface area contributed by atoms with Crippen LogP contribution in [0.5, 0.6) is 0 Å². The Balaban J connectivity index is 1.66. The van der Waals surface area contributed by atoms with Crippen LogP contribution >= 0.6 is 34.8 Å². The Morgan fingerprint density at radius 1 is 1.03 bits per heavy atom. The third-order valence-corrected chi connectivity index (χ3v) is 5.95. The second-order valence-electron chi connectivity index (χ2n) is 7.55. The van der Waals surface area contributed by atoms with Crippen LogP contribution in [0.3, 0.4) is 0 Å². The van der Waals surface area contributed by atoms with Gasteiger partial charge in [0.15, 0.2) is 0 Å². The quantitative estimate of drug-likeness (QED) is 0.275. The van der Waals surface area contributed by atoms with Crippen LogP contribution in [0.25, 0.3) is 23.0 Å². The fraction of sp³-hybridized carbons (Fsp3) is 0.0769. The largest absolute Gasteiger partial charge is 0.348 e. The maximum Gasteiger partial charge on any atom is 0.244 e. The van der Waals surface area contributed by atoms with Crippen molar-refractivity contribution in [3.05, 3.63) is 111 Å². The molecule has 172 valence electrons. The Bertz CT molecular complexity index is 1380. The lowest BCUT2D eigenvalue weighted by molar-refractivity contribution is -0.116. The lowest BCUT2D eigenvalue weighted by Crippen LogP contribution is -2.20. The van der Waals surface area contributed by atoms with Crippen molar-refractivity contribution in [2.45, 2.75) is 13.5 Å². The highest BCUT2D eigenvalue weighted by atomic mass is 35.5. The second kappa shape index (κ2) is 10.4. The van der Waals surface area contributed by atoms with Gasteiger partial charge in [0.05, 0.1) is 22.1 Å². The van der Waals surface area contributed by atoms with Crippen LogP contribution in [-0.2, 0) is 11.3 Å². The molecule has 1 amide bonds. The first kappa shape index (κ1) is 24.0. The molecule has 0 saturated heterocycles. The molecule has 0 aliphatic rings. The van der Waals surface area contributed by atoms with Crippen molar-refractivity contribution in [3.63, 3.8) is 0 Å². The molecule has 4 rings (SSSR count). The monoisotopic (exact) mass is 513 g/mol. The molecule has 0 bridgehead atoms. The van der Waals surface area contributed by atoms with E-state index in [1.807, 2.05) is 19.1 Å². The van der Waals surface area contributed by atoms with Crippen molar-refractivity contribution in [2.24, 2.45) is 0 Å². The number of carbonyl (C=O) groups is 1. The number of aromatic nitrogens is 2. The third kappa shape index (κ3) is 5.50. The second-order valence-corrected chi connectivity index (χ2v) is 8.83. The van der Waals surface area contributed by atoms with Gasteiger partial charge in [-0.3, -0.25) is 4.79 Å². The summed E-state index contributed by atoms with van der Waals surface area (Å²) in [6, 6.07) is 18.6. The molecule has 3 aromatic carbocycles. The van der Waals surface area contributed by atoms with E-state index in [2.05, 4.69) is 5.32 Å². The van der Waals surface area contributed by atoms with Gasteiger partial charge in [-0.1, -0.05) is 59.1 Å². The van der Waals surface area contributed by atoms with Crippen LogP contribution in [0.2, 0.25) is 15.1 Å². The van der Waals surface area contributed by atoms with Gasteiger partial charge in [-0.2, -0.15) is 5.10 Å². The molecule has 0 aliphatic heterocycles. The van der Waals surface area contributed by atoms with Crippen LogP contribution in [0, 0.1) is 12.7 Å². The Kier molecular flexibility index (Phi) is 7.37. The van der Waals surface area contributed by atoms with Gasteiger partial charge in [0.2, 0.25) is 5.91 Å². The van der Waals surface area contributed by atoms with E-state index >= 15 is 0 Å². The molecule has 1 aromatic heterocycles. The smallest absolute Gasteiger partial charge is 0.244 e. The number of hydrogen-bond donors (Lipinski definition) is 1. The van der Waals surface area contributed by atoms with Gasteiger partial charge in [0.25, 0.3) is 0 Å². The van der Waals surface area contributed by atoms with Crippen molar-refractivity contribution in [1.29, 1.82) is 0 Å². The van der Waals surface area contributed by atoms with E-state index in [1.165, 1.54) is 18.2 Å². The summed E-state index contributed by atoms with van der Waals surface area (Å²) in [6.45, 7) is 2.13. The minimum Gasteiger partial charge on any atom is -0.348 e. The van der Waals surface area contributed by atoms with Gasteiger partial charge in [0, 0.05) is 33.8 Å². The third-order valence-electron chi connectivity index (χ3n) is 5.16. The highest BCUT2D eigenvalue weighted by molar-refractivity contribution is 6.35. The van der Waals surface area contributed by atoms with Gasteiger partial charge < -0.3 is 5.32 Å². The summed E-state index contributed by atoms with van der Waals surface area (Å²) < 4.78 is 15.1. The summed E-state index contributed by atoms with van der Waals surface area (Å²) in [6.07, 6.45) is 3.03. The number of rotatable bonds is 6. The number of nitrogens with one attached hydrogen (secondary N) is 1. The molecule has 0 saturated carbocycles. The van der Waals surface area contributed by atoms with E-state index in [0.29, 0.717) is 32.0 Å². The summed E-state index contributed by atoms with van der Waals surface area (Å²) in [5.74, 6) is -0.671. The van der Waals surface area contributed by atoms with Crippen molar-refractivity contribution in [2.75, 3.05) is 0 Å². The van der Waals surface area contributed by atoms with E-state index in [-0.39, 0.29) is 18.3 Å². The first-order chi connectivity index (χ1) is 16.3. The molecule has 1 heterocycles. The number of benzene rings is 3. The number of carbonyl (C=O) groups excluding carboxylic acids is 1. The number of hydrogen-bond acceptors (Lipinski definition) is 2. The fourth-order valence-corrected chi connectivity index (χ4v) is 4.11. The van der Waals surface area contributed by atoms with Crippen LogP contribution in [-0.4, -0.2) is 15.7 Å². The average Bonchev–Trinajstić information content (AvgIpc) is 3.12. The molecule has 0 fully saturated rings. The molecular weight excluding hydrogens is 496 g/mol. The molecule has 0 atom stereocenters. The van der Waals surface area contributed by atoms with Gasteiger partial charge in [0.1, 0.15) is 5.82 Å². The van der Waals surface area contributed by atoms with Crippen molar-refractivity contribution >= 4 is 46.8 Å². The minimum absolute atomic E-state index is 0.213. The highest BCUT2D eigenvalue weighted by Gasteiger charge is 2.18. The Morgan fingerprint density at radius 3 is 2.47 bits per heavy atom. The summed E-state index contributed by atoms with van der Waals surface area (Å²) in [5, 5.41) is 9.03. The predicted molar refractivity (Wildman–Crippen MR) is 136 cm³/mol. The van der Waals surface area contributed by atoms with Gasteiger partial charge >= 0.3 is 0 Å². The molecule has 0 radical (unpaired) electrons. The first-order valence-corrected chi connectivity index (χ1v) is 11.5. The van der Waals surface area contributed by atoms with E-state index in [0.717, 1.165) is 16.8 Å². The van der Waals surface area contributed by atoms with E-state index < -0.39 is 0 Å². The number of amides is 1. The van der Waals surface area contributed by atoms with Crippen LogP contribution < -0.4 is 5.32 Å². The van der Waals surface area contributed by atoms with Gasteiger partial charge in [-0.15, -0.1) is 0 Å². The molecular formula is C26H19Cl3FN3O. The standard InChI is InChI=1S/C26H19Cl3FN3O/c1-16-23(10-12-25(34)31-15-17-3-2-4-21(30)13-17)32-33(24-11-9-20(28)14-22(24)29)26(16)18-5-7-19(27)8-6-18/h2-14H,15H2,1H3,(H,31,34)/b12-10+. The van der Waals surface area contributed by atoms with E-state index in [9.17, 15) is 9.18 Å². The fourth-order valence-electron chi connectivity index (χ4n) is 3.49. The van der Waals surface area contributed by atoms with Gasteiger partial charge in [-0.05, 0) is 61.0 Å². The summed E-state index contributed by atoms with van der Waals surface area (Å²) >= 11 is 18.6. The van der Waals surface area contributed by atoms with E-state index in [4.69, 9.17) is 39.9 Å². The van der Waals surface area contributed by atoms with Crippen LogP contribution in [0.15, 0.2) is 72.8 Å². The molecule has 0 unspecified atom stereocenters. The van der Waals surface area contributed by atoms with E-state index in [1.54, 1.807) is 53.2 Å². The van der Waals surface area contributed by atoms with Gasteiger partial charge in [-0.25, -0.2) is 9.07 Å². The molecule has 1 N–H and O–H groups in total. The number of halogens is 4. The Hall–Kier alpha value is -3.12. The average molecular weight is 515 g/mol. The molecule has 34 heavy (non-hydrogen) atoms. The highest BCUT2D eigenvalue weighted by Crippen LogP contribution is 2.33. The number of nitrogens with zero attached hydrogens (tertiary/aromatic N) is 2. The topological polar surface area (TPSA) is 46.9 Å². The summed E-state index contributed by atoms with van der Waals surface area (Å²) in [4.78, 5) is 12.4. The lowest BCUT2D eigenvalue weighted by Gasteiger charge is -2.11. The minimum atomic E-state index is -0.348. The summed E-state index contributed by atoms with van der Waals surface area (Å²) in [7, 11) is 0. The Labute approximate surface area is 211 Å². The summed E-state index contributed by atoms with van der Waals surface area (Å²) in [5.41, 5.74) is 4.45. The zero-order valence-electron chi connectivity index (χ0n) is 18.0. The normalized spacial score (nSPS) is 11.2. The molecule has 0 aliphatic carbocycles. The molecule has 0 spiro atoms. The first-order valence-electron chi connectivity index (χ1n) is 10.3. The van der Waals surface area contributed by atoms with Crippen molar-refractivity contribution < 1.29 is 9.18 Å². The maximum atomic E-state index is 13.3. The van der Waals surface area contributed by atoms with Crippen molar-refractivity contribution in [1.82, 2.24) is 15.1 Å². The molecule has 8 heteroatoms. The SMILES string of the molecule is Cc1c(/C=C/C(=O)NCc2cccc(F)c2)nn(-c2ccc(Cl)cc2Cl)c1-c1ccc(Cl)cc1. The lowest BCUT2D eigenvalue weighted by atomic mass is 10.1. The zero-order chi connectivity index (χ0) is 24.2. The van der Waals surface area contributed by atoms with Crippen molar-refractivity contribution in [3.8, 4) is 16.9 Å². The predicted octanol–water partition coefficient (Wildman–Crippen LogP) is 7.28.